The predicted molar refractivity (Wildman–Crippen MR) is 93.9 cm³/mol. The molecular formula is C20H20N2O. The molecule has 0 aliphatic rings. The maximum atomic E-state index is 12.5. The first-order chi connectivity index (χ1) is 11.2. The van der Waals surface area contributed by atoms with Crippen LogP contribution in [-0.2, 0) is 17.6 Å². The molecule has 3 heteroatoms. The van der Waals surface area contributed by atoms with Crippen LogP contribution >= 0.6 is 0 Å². The third-order valence-electron chi connectivity index (χ3n) is 3.71. The summed E-state index contributed by atoms with van der Waals surface area (Å²) in [6.45, 7) is 4.10. The van der Waals surface area contributed by atoms with Gasteiger partial charge in [-0.05, 0) is 35.6 Å². The van der Waals surface area contributed by atoms with Gasteiger partial charge in [-0.2, -0.15) is 5.26 Å². The molecule has 0 aliphatic carbocycles. The lowest BCUT2D eigenvalue weighted by atomic mass is 10.0. The summed E-state index contributed by atoms with van der Waals surface area (Å²) in [6.07, 6.45) is 3.26. The average molecular weight is 304 g/mol. The highest BCUT2D eigenvalue weighted by molar-refractivity contribution is 6.10. The maximum absolute atomic E-state index is 12.5. The van der Waals surface area contributed by atoms with E-state index in [1.807, 2.05) is 54.6 Å². The molecule has 116 valence electrons. The second-order valence-electron chi connectivity index (χ2n) is 5.19. The lowest BCUT2D eigenvalue weighted by molar-refractivity contribution is -0.112. The smallest absolute Gasteiger partial charge is 0.266 e. The van der Waals surface area contributed by atoms with E-state index in [2.05, 4.69) is 19.2 Å². The fourth-order valence-corrected chi connectivity index (χ4v) is 2.45. The minimum atomic E-state index is -0.369. The van der Waals surface area contributed by atoms with Gasteiger partial charge in [0.05, 0.1) is 0 Å². The number of amides is 1. The SMILES string of the molecule is CCc1cccc(CC)c1NC(=O)/C(C#N)=C/c1ccccc1. The second kappa shape index (κ2) is 7.95. The Morgan fingerprint density at radius 1 is 1.04 bits per heavy atom. The van der Waals surface area contributed by atoms with Crippen molar-refractivity contribution >= 4 is 17.7 Å². The van der Waals surface area contributed by atoms with E-state index >= 15 is 0 Å². The number of nitrogens with zero attached hydrogens (tertiary/aromatic N) is 1. The highest BCUT2D eigenvalue weighted by Gasteiger charge is 2.13. The van der Waals surface area contributed by atoms with E-state index in [4.69, 9.17) is 0 Å². The number of anilines is 1. The van der Waals surface area contributed by atoms with Crippen LogP contribution in [0.5, 0.6) is 0 Å². The number of hydrogen-bond acceptors (Lipinski definition) is 2. The lowest BCUT2D eigenvalue weighted by Gasteiger charge is -2.14. The fourth-order valence-electron chi connectivity index (χ4n) is 2.45. The van der Waals surface area contributed by atoms with Gasteiger partial charge in [-0.1, -0.05) is 62.4 Å². The van der Waals surface area contributed by atoms with E-state index in [1.54, 1.807) is 6.08 Å². The van der Waals surface area contributed by atoms with E-state index in [1.165, 1.54) is 0 Å². The van der Waals surface area contributed by atoms with Gasteiger partial charge >= 0.3 is 0 Å². The zero-order chi connectivity index (χ0) is 16.7. The van der Waals surface area contributed by atoms with Gasteiger partial charge < -0.3 is 5.32 Å². The van der Waals surface area contributed by atoms with Gasteiger partial charge in [-0.25, -0.2) is 0 Å². The van der Waals surface area contributed by atoms with E-state index in [0.29, 0.717) is 0 Å². The molecule has 0 aromatic heterocycles. The summed E-state index contributed by atoms with van der Waals surface area (Å²) in [6, 6.07) is 17.4. The normalized spacial score (nSPS) is 10.9. The summed E-state index contributed by atoms with van der Waals surface area (Å²) in [4.78, 5) is 12.5. The van der Waals surface area contributed by atoms with Crippen molar-refractivity contribution in [2.24, 2.45) is 0 Å². The zero-order valence-electron chi connectivity index (χ0n) is 13.5. The minimum absolute atomic E-state index is 0.101. The average Bonchev–Trinajstić information content (AvgIpc) is 2.60. The molecule has 2 aromatic carbocycles. The molecule has 1 N–H and O–H groups in total. The Balaban J connectivity index is 2.31. The molecule has 0 saturated carbocycles. The van der Waals surface area contributed by atoms with Crippen molar-refractivity contribution in [2.45, 2.75) is 26.7 Å². The van der Waals surface area contributed by atoms with Crippen molar-refractivity contribution in [1.29, 1.82) is 5.26 Å². The first-order valence-electron chi connectivity index (χ1n) is 7.78. The monoisotopic (exact) mass is 304 g/mol. The molecule has 2 aromatic rings. The van der Waals surface area contributed by atoms with Gasteiger partial charge in [0, 0.05) is 5.69 Å². The van der Waals surface area contributed by atoms with Crippen molar-refractivity contribution in [1.82, 2.24) is 0 Å². The fraction of sp³-hybridized carbons (Fsp3) is 0.200. The summed E-state index contributed by atoms with van der Waals surface area (Å²) < 4.78 is 0. The third-order valence-corrected chi connectivity index (χ3v) is 3.71. The number of aryl methyl sites for hydroxylation is 2. The maximum Gasteiger partial charge on any atom is 0.266 e. The summed E-state index contributed by atoms with van der Waals surface area (Å²) in [5.74, 6) is -0.369. The molecule has 1 amide bonds. The van der Waals surface area contributed by atoms with Crippen molar-refractivity contribution in [3.8, 4) is 6.07 Å². The first kappa shape index (κ1) is 16.5. The second-order valence-corrected chi connectivity index (χ2v) is 5.19. The van der Waals surface area contributed by atoms with E-state index in [-0.39, 0.29) is 11.5 Å². The highest BCUT2D eigenvalue weighted by Crippen LogP contribution is 2.23. The van der Waals surface area contributed by atoms with Crippen LogP contribution in [0.1, 0.15) is 30.5 Å². The van der Waals surface area contributed by atoms with Crippen LogP contribution in [0.25, 0.3) is 6.08 Å². The standard InChI is InChI=1S/C20H20N2O/c1-3-16-11-8-12-17(4-2)19(16)22-20(23)18(14-21)13-15-9-6-5-7-10-15/h5-13H,3-4H2,1-2H3,(H,22,23)/b18-13+. The van der Waals surface area contributed by atoms with Gasteiger partial charge in [0.25, 0.3) is 5.91 Å². The summed E-state index contributed by atoms with van der Waals surface area (Å²) in [5.41, 5.74) is 3.92. The van der Waals surface area contributed by atoms with Crippen LogP contribution in [0.15, 0.2) is 54.1 Å². The Hall–Kier alpha value is -2.86. The Morgan fingerprint density at radius 2 is 1.65 bits per heavy atom. The van der Waals surface area contributed by atoms with Gasteiger partial charge in [0.2, 0.25) is 0 Å². The molecule has 0 atom stereocenters. The summed E-state index contributed by atoms with van der Waals surface area (Å²) >= 11 is 0. The van der Waals surface area contributed by atoms with Crippen LogP contribution in [-0.4, -0.2) is 5.91 Å². The number of carbonyl (C=O) groups excluding carboxylic acids is 1. The highest BCUT2D eigenvalue weighted by atomic mass is 16.1. The molecule has 0 radical (unpaired) electrons. The topological polar surface area (TPSA) is 52.9 Å². The number of hydrogen-bond donors (Lipinski definition) is 1. The van der Waals surface area contributed by atoms with Crippen molar-refractivity contribution in [3.63, 3.8) is 0 Å². The molecule has 0 fully saturated rings. The molecule has 0 spiro atoms. The molecule has 0 bridgehead atoms. The number of rotatable bonds is 5. The Labute approximate surface area is 137 Å². The van der Waals surface area contributed by atoms with Gasteiger partial charge in [-0.15, -0.1) is 0 Å². The molecule has 0 aliphatic heterocycles. The summed E-state index contributed by atoms with van der Waals surface area (Å²) in [7, 11) is 0. The number of nitriles is 1. The minimum Gasteiger partial charge on any atom is -0.321 e. The molecule has 0 unspecified atom stereocenters. The molecule has 3 nitrogen and oxygen atoms in total. The Morgan fingerprint density at radius 3 is 2.17 bits per heavy atom. The van der Waals surface area contributed by atoms with Crippen LogP contribution in [0.3, 0.4) is 0 Å². The molecule has 23 heavy (non-hydrogen) atoms. The molecular weight excluding hydrogens is 284 g/mol. The molecule has 2 rings (SSSR count). The predicted octanol–water partition coefficient (Wildman–Crippen LogP) is 4.36. The molecule has 0 heterocycles. The number of para-hydroxylation sites is 1. The van der Waals surface area contributed by atoms with E-state index in [9.17, 15) is 10.1 Å². The van der Waals surface area contributed by atoms with Gasteiger partial charge in [0.1, 0.15) is 11.6 Å². The quantitative estimate of drug-likeness (QED) is 0.659. The van der Waals surface area contributed by atoms with Crippen LogP contribution in [0, 0.1) is 11.3 Å². The number of benzene rings is 2. The van der Waals surface area contributed by atoms with Crippen LogP contribution in [0.4, 0.5) is 5.69 Å². The number of nitrogens with one attached hydrogen (secondary N) is 1. The Bertz CT molecular complexity index is 733. The zero-order valence-corrected chi connectivity index (χ0v) is 13.5. The number of carbonyl (C=O) groups is 1. The molecule has 0 saturated heterocycles. The van der Waals surface area contributed by atoms with Crippen molar-refractivity contribution in [2.75, 3.05) is 5.32 Å². The first-order valence-corrected chi connectivity index (χ1v) is 7.78. The van der Waals surface area contributed by atoms with E-state index < -0.39 is 0 Å². The largest absolute Gasteiger partial charge is 0.321 e. The Kier molecular flexibility index (Phi) is 5.71. The summed E-state index contributed by atoms with van der Waals surface area (Å²) in [5, 5.41) is 12.2. The van der Waals surface area contributed by atoms with Gasteiger partial charge in [0.15, 0.2) is 0 Å². The van der Waals surface area contributed by atoms with Crippen LogP contribution < -0.4 is 5.32 Å². The van der Waals surface area contributed by atoms with Crippen molar-refractivity contribution in [3.05, 3.63) is 70.8 Å². The van der Waals surface area contributed by atoms with Crippen molar-refractivity contribution < 1.29 is 4.79 Å². The third kappa shape index (κ3) is 4.08. The van der Waals surface area contributed by atoms with Crippen LogP contribution in [0.2, 0.25) is 0 Å². The lowest BCUT2D eigenvalue weighted by Crippen LogP contribution is -2.16. The van der Waals surface area contributed by atoms with E-state index in [0.717, 1.165) is 35.2 Å². The van der Waals surface area contributed by atoms with Gasteiger partial charge in [-0.3, -0.25) is 4.79 Å².